The number of thiophene rings is 1. The Balaban J connectivity index is 1.71. The van der Waals surface area contributed by atoms with E-state index in [9.17, 15) is 14.7 Å². The molecule has 2 heterocycles. The van der Waals surface area contributed by atoms with E-state index in [0.29, 0.717) is 17.9 Å². The van der Waals surface area contributed by atoms with Crippen molar-refractivity contribution >= 4 is 23.2 Å². The molecule has 1 aliphatic carbocycles. The molecule has 1 aliphatic heterocycles. The Labute approximate surface area is 174 Å². The van der Waals surface area contributed by atoms with Gasteiger partial charge in [0.2, 0.25) is 5.91 Å². The van der Waals surface area contributed by atoms with Gasteiger partial charge in [0.05, 0.1) is 13.7 Å². The van der Waals surface area contributed by atoms with Crippen molar-refractivity contribution in [3.8, 4) is 11.5 Å². The van der Waals surface area contributed by atoms with Gasteiger partial charge in [0.25, 0.3) is 5.91 Å². The molecule has 1 N–H and O–H groups in total. The van der Waals surface area contributed by atoms with Crippen LogP contribution in [-0.4, -0.2) is 46.4 Å². The lowest BCUT2D eigenvalue weighted by molar-refractivity contribution is -0.159. The molecule has 4 rings (SSSR count). The van der Waals surface area contributed by atoms with Crippen molar-refractivity contribution in [1.82, 2.24) is 9.80 Å². The number of carbonyl (C=O) groups is 2. The Kier molecular flexibility index (Phi) is 5.76. The molecule has 7 heteroatoms. The first-order chi connectivity index (χ1) is 14.1. The van der Waals surface area contributed by atoms with Gasteiger partial charge in [0.1, 0.15) is 12.6 Å². The highest BCUT2D eigenvalue weighted by molar-refractivity contribution is 7.09. The van der Waals surface area contributed by atoms with Crippen LogP contribution in [0.5, 0.6) is 11.5 Å². The zero-order chi connectivity index (χ0) is 20.4. The number of methoxy groups -OCH3 is 1. The number of hydrogen-bond donors (Lipinski definition) is 1. The number of phenols is 1. The summed E-state index contributed by atoms with van der Waals surface area (Å²) in [5.74, 6) is 0.231. The topological polar surface area (TPSA) is 70.1 Å². The first kappa shape index (κ1) is 19.8. The van der Waals surface area contributed by atoms with Crippen molar-refractivity contribution in [3.05, 3.63) is 46.2 Å². The predicted octanol–water partition coefficient (Wildman–Crippen LogP) is 3.71. The molecule has 0 radical (unpaired) electrons. The van der Waals surface area contributed by atoms with E-state index in [1.807, 2.05) is 17.5 Å². The van der Waals surface area contributed by atoms with Gasteiger partial charge >= 0.3 is 0 Å². The van der Waals surface area contributed by atoms with E-state index < -0.39 is 6.04 Å². The van der Waals surface area contributed by atoms with Crippen molar-refractivity contribution in [2.24, 2.45) is 0 Å². The van der Waals surface area contributed by atoms with Crippen LogP contribution < -0.4 is 4.74 Å². The number of ether oxygens (including phenoxy) is 1. The van der Waals surface area contributed by atoms with Crippen LogP contribution in [0.3, 0.4) is 0 Å². The summed E-state index contributed by atoms with van der Waals surface area (Å²) in [6, 6.07) is 8.24. The van der Waals surface area contributed by atoms with E-state index in [-0.39, 0.29) is 30.2 Å². The lowest BCUT2D eigenvalue weighted by Gasteiger charge is -2.44. The molecule has 1 saturated heterocycles. The molecule has 2 aromatic rings. The average Bonchev–Trinajstić information content (AvgIpc) is 3.25. The van der Waals surface area contributed by atoms with Crippen LogP contribution in [0.4, 0.5) is 0 Å². The van der Waals surface area contributed by atoms with E-state index in [1.54, 1.807) is 33.3 Å². The zero-order valence-corrected chi connectivity index (χ0v) is 17.4. The first-order valence-corrected chi connectivity index (χ1v) is 11.0. The third-order valence-electron chi connectivity index (χ3n) is 5.90. The summed E-state index contributed by atoms with van der Waals surface area (Å²) in [7, 11) is 1.48. The maximum Gasteiger partial charge on any atom is 0.250 e. The number of rotatable bonds is 5. The average molecular weight is 415 g/mol. The summed E-state index contributed by atoms with van der Waals surface area (Å²) in [5, 5.41) is 12.0. The molecule has 29 heavy (non-hydrogen) atoms. The molecule has 2 amide bonds. The van der Waals surface area contributed by atoms with Crippen molar-refractivity contribution in [2.45, 2.75) is 50.7 Å². The number of nitrogens with zero attached hydrogens (tertiary/aromatic N) is 2. The van der Waals surface area contributed by atoms with Crippen LogP contribution >= 0.6 is 11.3 Å². The maximum absolute atomic E-state index is 13.6. The third-order valence-corrected chi connectivity index (χ3v) is 6.76. The van der Waals surface area contributed by atoms with Crippen molar-refractivity contribution < 1.29 is 19.4 Å². The molecule has 1 saturated carbocycles. The van der Waals surface area contributed by atoms with Crippen LogP contribution in [0.2, 0.25) is 0 Å². The number of piperazine rings is 1. The number of carbonyl (C=O) groups excluding carboxylic acids is 2. The minimum absolute atomic E-state index is 0.0137. The highest BCUT2D eigenvalue weighted by Crippen LogP contribution is 2.37. The summed E-state index contributed by atoms with van der Waals surface area (Å²) in [6.07, 6.45) is 5.29. The fourth-order valence-corrected chi connectivity index (χ4v) is 5.09. The number of benzene rings is 1. The monoisotopic (exact) mass is 414 g/mol. The van der Waals surface area contributed by atoms with E-state index in [2.05, 4.69) is 0 Å². The Morgan fingerprint density at radius 3 is 2.66 bits per heavy atom. The Morgan fingerprint density at radius 2 is 1.97 bits per heavy atom. The van der Waals surface area contributed by atoms with Crippen molar-refractivity contribution in [1.29, 1.82) is 0 Å². The quantitative estimate of drug-likeness (QED) is 0.810. The van der Waals surface area contributed by atoms with E-state index in [4.69, 9.17) is 4.74 Å². The van der Waals surface area contributed by atoms with E-state index >= 15 is 0 Å². The molecule has 6 nitrogen and oxygen atoms in total. The second kappa shape index (κ2) is 8.45. The normalized spacial score (nSPS) is 20.9. The third kappa shape index (κ3) is 3.96. The lowest BCUT2D eigenvalue weighted by Crippen LogP contribution is -2.58. The van der Waals surface area contributed by atoms with Gasteiger partial charge in [-0.2, -0.15) is 0 Å². The van der Waals surface area contributed by atoms with Crippen LogP contribution in [0.1, 0.15) is 48.6 Å². The van der Waals surface area contributed by atoms with Crippen LogP contribution in [0.25, 0.3) is 0 Å². The summed E-state index contributed by atoms with van der Waals surface area (Å²) in [5.41, 5.74) is 0.662. The van der Waals surface area contributed by atoms with Gasteiger partial charge in [-0.3, -0.25) is 9.59 Å². The molecular formula is C22H26N2O4S. The maximum atomic E-state index is 13.6. The highest BCUT2D eigenvalue weighted by atomic mass is 32.1. The summed E-state index contributed by atoms with van der Waals surface area (Å²) in [6.45, 7) is 0.537. The Hall–Kier alpha value is -2.54. The summed E-state index contributed by atoms with van der Waals surface area (Å²) < 4.78 is 5.25. The minimum atomic E-state index is -0.713. The zero-order valence-electron chi connectivity index (χ0n) is 16.5. The second-order valence-electron chi connectivity index (χ2n) is 7.69. The standard InChI is InChI=1S/C22H26N2O4S/c1-28-19-12-15(9-10-18(19)25)21-22(27)23(16-6-3-2-4-7-16)14-20(26)24(21)13-17-8-5-11-29-17/h5,8-12,16,21,25H,2-4,6-7,13-14H2,1H3. The first-order valence-electron chi connectivity index (χ1n) is 10.1. The second-order valence-corrected chi connectivity index (χ2v) is 8.73. The molecule has 2 fully saturated rings. The van der Waals surface area contributed by atoms with Crippen LogP contribution in [0, 0.1) is 0 Å². The van der Waals surface area contributed by atoms with Gasteiger partial charge in [-0.25, -0.2) is 0 Å². The van der Waals surface area contributed by atoms with Crippen molar-refractivity contribution in [3.63, 3.8) is 0 Å². The van der Waals surface area contributed by atoms with E-state index in [1.165, 1.54) is 19.6 Å². The molecule has 2 aliphatic rings. The van der Waals surface area contributed by atoms with Crippen LogP contribution in [-0.2, 0) is 16.1 Å². The van der Waals surface area contributed by atoms with Gasteiger partial charge in [-0.05, 0) is 42.0 Å². The SMILES string of the molecule is COc1cc(C2C(=O)N(C3CCCCC3)CC(=O)N2Cc2cccs2)ccc1O. The van der Waals surface area contributed by atoms with Crippen LogP contribution in [0.15, 0.2) is 35.7 Å². The van der Waals surface area contributed by atoms with Gasteiger partial charge in [-0.1, -0.05) is 31.4 Å². The molecular weight excluding hydrogens is 388 g/mol. The summed E-state index contributed by atoms with van der Waals surface area (Å²) in [4.78, 5) is 31.3. The number of phenolic OH excluding ortho intramolecular Hbond substituents is 1. The smallest absolute Gasteiger partial charge is 0.250 e. The molecule has 1 atom stereocenters. The van der Waals surface area contributed by atoms with Gasteiger partial charge in [0, 0.05) is 10.9 Å². The van der Waals surface area contributed by atoms with Gasteiger partial charge in [0.15, 0.2) is 11.5 Å². The Morgan fingerprint density at radius 1 is 1.17 bits per heavy atom. The van der Waals surface area contributed by atoms with Gasteiger partial charge < -0.3 is 19.6 Å². The summed E-state index contributed by atoms with van der Waals surface area (Å²) >= 11 is 1.57. The molecule has 1 aromatic carbocycles. The fourth-order valence-electron chi connectivity index (χ4n) is 4.39. The van der Waals surface area contributed by atoms with E-state index in [0.717, 1.165) is 30.6 Å². The lowest BCUT2D eigenvalue weighted by atomic mass is 9.91. The predicted molar refractivity (Wildman–Crippen MR) is 111 cm³/mol. The highest BCUT2D eigenvalue weighted by Gasteiger charge is 2.43. The van der Waals surface area contributed by atoms with Gasteiger partial charge in [-0.15, -0.1) is 11.3 Å². The number of aromatic hydroxyl groups is 1. The fraction of sp³-hybridized carbons (Fsp3) is 0.455. The Bertz CT molecular complexity index is 877. The number of amides is 2. The molecule has 154 valence electrons. The largest absolute Gasteiger partial charge is 0.504 e. The molecule has 0 spiro atoms. The molecule has 0 bridgehead atoms. The molecule has 1 unspecified atom stereocenters. The number of hydrogen-bond acceptors (Lipinski definition) is 5. The van der Waals surface area contributed by atoms with Crippen molar-refractivity contribution in [2.75, 3.05) is 13.7 Å². The molecule has 1 aromatic heterocycles. The minimum Gasteiger partial charge on any atom is -0.504 e.